The molecule has 0 bridgehead atoms. The van der Waals surface area contributed by atoms with E-state index in [0.717, 1.165) is 23.6 Å². The highest BCUT2D eigenvalue weighted by molar-refractivity contribution is 7.94. The number of amides is 1. The highest BCUT2D eigenvalue weighted by Crippen LogP contribution is 2.27. The van der Waals surface area contributed by atoms with Crippen molar-refractivity contribution in [2.75, 3.05) is 35.8 Å². The van der Waals surface area contributed by atoms with Crippen LogP contribution in [0.2, 0.25) is 4.34 Å². The highest BCUT2D eigenvalue weighted by Gasteiger charge is 2.19. The van der Waals surface area contributed by atoms with Crippen molar-refractivity contribution in [3.8, 4) is 0 Å². The zero-order valence-corrected chi connectivity index (χ0v) is 14.9. The van der Waals surface area contributed by atoms with Crippen LogP contribution in [0.3, 0.4) is 0 Å². The molecule has 1 amide bonds. The minimum Gasteiger partial charge on any atom is -0.353 e. The molecule has 128 valence electrons. The van der Waals surface area contributed by atoms with Gasteiger partial charge in [0.25, 0.3) is 10.0 Å². The third-order valence-corrected chi connectivity index (χ3v) is 6.71. The van der Waals surface area contributed by atoms with Crippen LogP contribution in [0.5, 0.6) is 0 Å². The summed E-state index contributed by atoms with van der Waals surface area (Å²) in [6, 6.07) is 6.43. The van der Waals surface area contributed by atoms with Gasteiger partial charge in [-0.1, -0.05) is 11.6 Å². The number of pyridine rings is 1. The summed E-state index contributed by atoms with van der Waals surface area (Å²) in [4.78, 5) is 18.8. The predicted octanol–water partition coefficient (Wildman–Crippen LogP) is 1.88. The maximum Gasteiger partial charge on any atom is 0.271 e. The number of sulfonamides is 1. The van der Waals surface area contributed by atoms with Crippen LogP contribution in [-0.2, 0) is 14.8 Å². The predicted molar refractivity (Wildman–Crippen MR) is 94.2 cm³/mol. The van der Waals surface area contributed by atoms with Crippen LogP contribution in [0.4, 0.5) is 11.5 Å². The van der Waals surface area contributed by atoms with Crippen molar-refractivity contribution in [1.29, 1.82) is 0 Å². The van der Waals surface area contributed by atoms with Gasteiger partial charge in [0.2, 0.25) is 6.41 Å². The van der Waals surface area contributed by atoms with E-state index >= 15 is 0 Å². The Bertz CT molecular complexity index is 815. The van der Waals surface area contributed by atoms with E-state index in [1.165, 1.54) is 12.3 Å². The Labute approximate surface area is 148 Å². The summed E-state index contributed by atoms with van der Waals surface area (Å²) in [5, 5.41) is 0. The fourth-order valence-corrected chi connectivity index (χ4v) is 4.86. The molecule has 10 heteroatoms. The third-order valence-electron chi connectivity index (χ3n) is 3.60. The lowest BCUT2D eigenvalue weighted by molar-refractivity contribution is -0.118. The lowest BCUT2D eigenvalue weighted by atomic mass is 10.3. The number of anilines is 2. The summed E-state index contributed by atoms with van der Waals surface area (Å²) in [5.74, 6) is 0.752. The highest BCUT2D eigenvalue weighted by atomic mass is 35.5. The summed E-state index contributed by atoms with van der Waals surface area (Å²) < 4.78 is 27.5. The Morgan fingerprint density at radius 3 is 2.46 bits per heavy atom. The van der Waals surface area contributed by atoms with E-state index in [2.05, 4.69) is 14.6 Å². The Balaban J connectivity index is 1.68. The molecule has 0 spiro atoms. The summed E-state index contributed by atoms with van der Waals surface area (Å²) in [6.45, 7) is 2.70. The minimum atomic E-state index is -3.66. The molecule has 24 heavy (non-hydrogen) atoms. The van der Waals surface area contributed by atoms with Crippen LogP contribution in [-0.4, -0.2) is 50.9 Å². The Kier molecular flexibility index (Phi) is 4.93. The van der Waals surface area contributed by atoms with Crippen molar-refractivity contribution >= 4 is 50.9 Å². The van der Waals surface area contributed by atoms with Crippen LogP contribution in [0.15, 0.2) is 34.7 Å². The molecule has 1 N–H and O–H groups in total. The molecule has 1 saturated heterocycles. The summed E-state index contributed by atoms with van der Waals surface area (Å²) in [5.41, 5.74) is 0.384. The molecule has 0 aromatic carbocycles. The number of hydrogen-bond donors (Lipinski definition) is 1. The van der Waals surface area contributed by atoms with Gasteiger partial charge < -0.3 is 9.80 Å². The molecule has 7 nitrogen and oxygen atoms in total. The van der Waals surface area contributed by atoms with Gasteiger partial charge in [0.05, 0.1) is 16.2 Å². The first-order chi connectivity index (χ1) is 11.5. The largest absolute Gasteiger partial charge is 0.353 e. The van der Waals surface area contributed by atoms with Gasteiger partial charge in [0, 0.05) is 26.2 Å². The second-order valence-electron chi connectivity index (χ2n) is 5.20. The van der Waals surface area contributed by atoms with Gasteiger partial charge in [-0.15, -0.1) is 11.3 Å². The molecule has 3 rings (SSSR count). The Morgan fingerprint density at radius 1 is 1.17 bits per heavy atom. The molecule has 0 unspecified atom stereocenters. The Morgan fingerprint density at radius 2 is 1.92 bits per heavy atom. The molecule has 0 atom stereocenters. The molecule has 1 fully saturated rings. The first-order valence-corrected chi connectivity index (χ1v) is 9.84. The molecule has 0 aliphatic carbocycles. The molecule has 2 aromatic rings. The van der Waals surface area contributed by atoms with E-state index in [-0.39, 0.29) is 4.21 Å². The lowest BCUT2D eigenvalue weighted by Gasteiger charge is -2.33. The number of thiophene rings is 1. The van der Waals surface area contributed by atoms with E-state index in [4.69, 9.17) is 11.6 Å². The standard InChI is InChI=1S/C14H15ClN4O3S2/c15-12-2-4-14(23-12)24(21,22)17-11-1-3-13(16-9-11)19-7-5-18(10-20)6-8-19/h1-4,9-10,17H,5-8H2. The van der Waals surface area contributed by atoms with Gasteiger partial charge in [-0.25, -0.2) is 13.4 Å². The summed E-state index contributed by atoms with van der Waals surface area (Å²) in [7, 11) is -3.66. The fourth-order valence-electron chi connectivity index (χ4n) is 2.34. The molecule has 0 saturated carbocycles. The van der Waals surface area contributed by atoms with Gasteiger partial charge in [-0.05, 0) is 24.3 Å². The van der Waals surface area contributed by atoms with Crippen molar-refractivity contribution in [2.24, 2.45) is 0 Å². The summed E-state index contributed by atoms with van der Waals surface area (Å²) >= 11 is 6.78. The van der Waals surface area contributed by atoms with Crippen LogP contribution < -0.4 is 9.62 Å². The number of halogens is 1. The lowest BCUT2D eigenvalue weighted by Crippen LogP contribution is -2.46. The monoisotopic (exact) mass is 386 g/mol. The average molecular weight is 387 g/mol. The first-order valence-electron chi connectivity index (χ1n) is 7.16. The topological polar surface area (TPSA) is 82.6 Å². The Hall–Kier alpha value is -1.84. The number of nitrogens with zero attached hydrogens (tertiary/aromatic N) is 3. The molecule has 2 aromatic heterocycles. The van der Waals surface area contributed by atoms with Gasteiger partial charge in [-0.2, -0.15) is 0 Å². The number of aromatic nitrogens is 1. The van der Waals surface area contributed by atoms with Crippen molar-refractivity contribution in [2.45, 2.75) is 4.21 Å². The SMILES string of the molecule is O=CN1CCN(c2ccc(NS(=O)(=O)c3ccc(Cl)s3)cn2)CC1. The fraction of sp³-hybridized carbons (Fsp3) is 0.286. The molecular formula is C14H15ClN4O3S2. The maximum absolute atomic E-state index is 12.2. The normalized spacial score (nSPS) is 15.4. The van der Waals surface area contributed by atoms with Crippen LogP contribution in [0, 0.1) is 0 Å². The number of nitrogens with one attached hydrogen (secondary N) is 1. The number of rotatable bonds is 5. The van der Waals surface area contributed by atoms with E-state index in [1.807, 2.05) is 0 Å². The number of hydrogen-bond acceptors (Lipinski definition) is 6. The second kappa shape index (κ2) is 6.96. The van der Waals surface area contributed by atoms with Gasteiger partial charge in [0.1, 0.15) is 10.0 Å². The van der Waals surface area contributed by atoms with Crippen molar-refractivity contribution in [3.05, 3.63) is 34.8 Å². The molecule has 1 aliphatic rings. The van der Waals surface area contributed by atoms with Gasteiger partial charge >= 0.3 is 0 Å². The van der Waals surface area contributed by atoms with E-state index in [0.29, 0.717) is 36.2 Å². The summed E-state index contributed by atoms with van der Waals surface area (Å²) in [6.07, 6.45) is 2.33. The van der Waals surface area contributed by atoms with Crippen LogP contribution in [0.1, 0.15) is 0 Å². The van der Waals surface area contributed by atoms with E-state index in [9.17, 15) is 13.2 Å². The number of carbonyl (C=O) groups excluding carboxylic acids is 1. The van der Waals surface area contributed by atoms with Gasteiger partial charge in [-0.3, -0.25) is 9.52 Å². The van der Waals surface area contributed by atoms with Crippen molar-refractivity contribution in [3.63, 3.8) is 0 Å². The van der Waals surface area contributed by atoms with Crippen LogP contribution in [0.25, 0.3) is 0 Å². The molecular weight excluding hydrogens is 372 g/mol. The van der Waals surface area contributed by atoms with E-state index in [1.54, 1.807) is 23.1 Å². The molecule has 3 heterocycles. The quantitative estimate of drug-likeness (QED) is 0.793. The number of piperazine rings is 1. The zero-order valence-electron chi connectivity index (χ0n) is 12.6. The smallest absolute Gasteiger partial charge is 0.271 e. The minimum absolute atomic E-state index is 0.154. The van der Waals surface area contributed by atoms with E-state index < -0.39 is 10.0 Å². The van der Waals surface area contributed by atoms with Crippen molar-refractivity contribution in [1.82, 2.24) is 9.88 Å². The maximum atomic E-state index is 12.2. The second-order valence-corrected chi connectivity index (χ2v) is 8.82. The molecule has 0 radical (unpaired) electrons. The zero-order chi connectivity index (χ0) is 17.2. The first kappa shape index (κ1) is 17.0. The number of carbonyl (C=O) groups is 1. The van der Waals surface area contributed by atoms with Crippen LogP contribution >= 0.6 is 22.9 Å². The molecule has 1 aliphatic heterocycles. The van der Waals surface area contributed by atoms with Gasteiger partial charge in [0.15, 0.2) is 0 Å². The third kappa shape index (κ3) is 3.80. The average Bonchev–Trinajstić information content (AvgIpc) is 3.03. The van der Waals surface area contributed by atoms with Crippen molar-refractivity contribution < 1.29 is 13.2 Å².